The predicted octanol–water partition coefficient (Wildman–Crippen LogP) is 3.95. The fourth-order valence-electron chi connectivity index (χ4n) is 3.92. The Morgan fingerprint density at radius 3 is 2.25 bits per heavy atom. The van der Waals surface area contributed by atoms with Crippen LogP contribution in [0.25, 0.3) is 0 Å². The highest BCUT2D eigenvalue weighted by molar-refractivity contribution is 7.12. The second-order valence-corrected chi connectivity index (χ2v) is 8.56. The lowest BCUT2D eigenvalue weighted by molar-refractivity contribution is 0.0625. The zero-order valence-electron chi connectivity index (χ0n) is 18.2. The Morgan fingerprint density at radius 2 is 1.59 bits per heavy atom. The van der Waals surface area contributed by atoms with Crippen LogP contribution < -0.4 is 9.47 Å². The second-order valence-electron chi connectivity index (χ2n) is 7.61. The molecule has 0 spiro atoms. The topological polar surface area (TPSA) is 59.1 Å². The van der Waals surface area contributed by atoms with Crippen LogP contribution in [0.3, 0.4) is 0 Å². The second kappa shape index (κ2) is 9.97. The summed E-state index contributed by atoms with van der Waals surface area (Å²) in [6.07, 6.45) is 0. The molecular formula is C25H26N2O4S. The van der Waals surface area contributed by atoms with Crippen molar-refractivity contribution in [3.8, 4) is 11.5 Å². The summed E-state index contributed by atoms with van der Waals surface area (Å²) >= 11 is 1.39. The lowest BCUT2D eigenvalue weighted by atomic mass is 10.0. The molecule has 0 N–H and O–H groups in total. The molecule has 1 aromatic heterocycles. The predicted molar refractivity (Wildman–Crippen MR) is 125 cm³/mol. The van der Waals surface area contributed by atoms with Gasteiger partial charge in [0.25, 0.3) is 5.91 Å². The summed E-state index contributed by atoms with van der Waals surface area (Å²) in [5.74, 6) is 1.24. The van der Waals surface area contributed by atoms with Gasteiger partial charge in [0.05, 0.1) is 24.7 Å². The van der Waals surface area contributed by atoms with E-state index in [-0.39, 0.29) is 11.7 Å². The van der Waals surface area contributed by atoms with Gasteiger partial charge in [-0.1, -0.05) is 30.3 Å². The third-order valence-electron chi connectivity index (χ3n) is 5.66. The van der Waals surface area contributed by atoms with Crippen molar-refractivity contribution in [3.63, 3.8) is 0 Å². The van der Waals surface area contributed by atoms with Crippen molar-refractivity contribution in [1.82, 2.24) is 9.80 Å². The number of rotatable bonds is 7. The number of ether oxygens (including phenoxy) is 2. The Kier molecular flexibility index (Phi) is 6.87. The molecule has 2 aromatic carbocycles. The Hall–Kier alpha value is -3.16. The molecule has 0 bridgehead atoms. The number of thiophene rings is 1. The van der Waals surface area contributed by atoms with Gasteiger partial charge in [-0.05, 0) is 35.2 Å². The SMILES string of the molecule is COc1ccc(CN2CCN(C(=O)c3ccccc3C(=O)c3cccs3)CC2)cc1OC. The van der Waals surface area contributed by atoms with Crippen LogP contribution in [0.15, 0.2) is 60.0 Å². The summed E-state index contributed by atoms with van der Waals surface area (Å²) in [5, 5.41) is 1.87. The highest BCUT2D eigenvalue weighted by Gasteiger charge is 2.26. The van der Waals surface area contributed by atoms with Gasteiger partial charge in [0, 0.05) is 38.3 Å². The maximum Gasteiger partial charge on any atom is 0.254 e. The van der Waals surface area contributed by atoms with Crippen molar-refractivity contribution in [1.29, 1.82) is 0 Å². The summed E-state index contributed by atoms with van der Waals surface area (Å²) in [5.41, 5.74) is 2.07. The maximum absolute atomic E-state index is 13.2. The quantitative estimate of drug-likeness (QED) is 0.510. The molecule has 0 saturated carbocycles. The number of carbonyl (C=O) groups is 2. The smallest absolute Gasteiger partial charge is 0.254 e. The lowest BCUT2D eigenvalue weighted by Crippen LogP contribution is -2.48. The Labute approximate surface area is 192 Å². The zero-order valence-corrected chi connectivity index (χ0v) is 19.1. The number of benzene rings is 2. The molecule has 1 saturated heterocycles. The minimum atomic E-state index is -0.101. The molecule has 1 aliphatic heterocycles. The largest absolute Gasteiger partial charge is 0.493 e. The number of hydrogen-bond acceptors (Lipinski definition) is 6. The van der Waals surface area contributed by atoms with E-state index in [1.807, 2.05) is 40.6 Å². The van der Waals surface area contributed by atoms with Gasteiger partial charge in [-0.25, -0.2) is 0 Å². The van der Waals surface area contributed by atoms with E-state index in [4.69, 9.17) is 9.47 Å². The third kappa shape index (κ3) is 4.69. The van der Waals surface area contributed by atoms with Crippen LogP contribution >= 0.6 is 11.3 Å². The summed E-state index contributed by atoms with van der Waals surface area (Å²) in [6, 6.07) is 16.7. The van der Waals surface area contributed by atoms with Crippen molar-refractivity contribution in [2.24, 2.45) is 0 Å². The van der Waals surface area contributed by atoms with Gasteiger partial charge in [0.1, 0.15) is 0 Å². The number of piperazine rings is 1. The van der Waals surface area contributed by atoms with Crippen molar-refractivity contribution in [2.75, 3.05) is 40.4 Å². The van der Waals surface area contributed by atoms with Crippen LogP contribution in [0.2, 0.25) is 0 Å². The average Bonchev–Trinajstić information content (AvgIpc) is 3.38. The summed E-state index contributed by atoms with van der Waals surface area (Å²) in [6.45, 7) is 3.54. The molecule has 2 heterocycles. The lowest BCUT2D eigenvalue weighted by Gasteiger charge is -2.35. The number of hydrogen-bond donors (Lipinski definition) is 0. The molecule has 1 amide bonds. The van der Waals surface area contributed by atoms with Crippen LogP contribution in [-0.4, -0.2) is 61.9 Å². The fourth-order valence-corrected chi connectivity index (χ4v) is 4.60. The molecule has 0 unspecified atom stereocenters. The van der Waals surface area contributed by atoms with Crippen LogP contribution in [0.5, 0.6) is 11.5 Å². The van der Waals surface area contributed by atoms with Crippen LogP contribution in [0, 0.1) is 0 Å². The molecular weight excluding hydrogens is 424 g/mol. The first-order chi connectivity index (χ1) is 15.6. The van der Waals surface area contributed by atoms with Crippen molar-refractivity contribution < 1.29 is 19.1 Å². The van der Waals surface area contributed by atoms with Crippen molar-refractivity contribution >= 4 is 23.0 Å². The van der Waals surface area contributed by atoms with Gasteiger partial charge in [-0.3, -0.25) is 14.5 Å². The number of methoxy groups -OCH3 is 2. The number of amides is 1. The summed E-state index contributed by atoms with van der Waals surface area (Å²) in [4.78, 5) is 30.9. The molecule has 0 radical (unpaired) electrons. The van der Waals surface area contributed by atoms with Gasteiger partial charge in [0.2, 0.25) is 5.78 Å². The van der Waals surface area contributed by atoms with Gasteiger partial charge in [-0.15, -0.1) is 11.3 Å². The molecule has 1 aliphatic rings. The van der Waals surface area contributed by atoms with Crippen LogP contribution in [-0.2, 0) is 6.54 Å². The first-order valence-electron chi connectivity index (χ1n) is 10.5. The fraction of sp³-hybridized carbons (Fsp3) is 0.280. The molecule has 166 valence electrons. The van der Waals surface area contributed by atoms with Crippen LogP contribution in [0.1, 0.15) is 31.2 Å². The van der Waals surface area contributed by atoms with E-state index in [1.165, 1.54) is 11.3 Å². The molecule has 1 fully saturated rings. The molecule has 0 aliphatic carbocycles. The third-order valence-corrected chi connectivity index (χ3v) is 6.53. The molecule has 0 atom stereocenters. The molecule has 4 rings (SSSR count). The van der Waals surface area contributed by atoms with Gasteiger partial charge < -0.3 is 14.4 Å². The number of ketones is 1. The zero-order chi connectivity index (χ0) is 22.5. The van der Waals surface area contributed by atoms with E-state index in [9.17, 15) is 9.59 Å². The molecule has 32 heavy (non-hydrogen) atoms. The Bertz CT molecular complexity index is 1090. The first-order valence-corrected chi connectivity index (χ1v) is 11.4. The Morgan fingerprint density at radius 1 is 0.875 bits per heavy atom. The summed E-state index contributed by atoms with van der Waals surface area (Å²) in [7, 11) is 3.26. The highest BCUT2D eigenvalue weighted by Crippen LogP contribution is 2.28. The number of carbonyl (C=O) groups excluding carboxylic acids is 2. The molecule has 6 nitrogen and oxygen atoms in total. The van der Waals surface area contributed by atoms with Gasteiger partial charge in [0.15, 0.2) is 11.5 Å². The number of nitrogens with zero attached hydrogens (tertiary/aromatic N) is 2. The van der Waals surface area contributed by atoms with E-state index in [2.05, 4.69) is 4.90 Å². The minimum Gasteiger partial charge on any atom is -0.493 e. The van der Waals surface area contributed by atoms with E-state index in [1.54, 1.807) is 38.5 Å². The van der Waals surface area contributed by atoms with Crippen molar-refractivity contribution in [3.05, 3.63) is 81.5 Å². The minimum absolute atomic E-state index is 0.0868. The normalized spacial score (nSPS) is 14.2. The standard InChI is InChI=1S/C25H26N2O4S/c1-30-21-10-9-18(16-22(21)31-2)17-26-11-13-27(14-12-26)25(29)20-7-4-3-6-19(20)24(28)23-8-5-15-32-23/h3-10,15-16H,11-14,17H2,1-2H3. The van der Waals surface area contributed by atoms with E-state index in [0.29, 0.717) is 40.6 Å². The maximum atomic E-state index is 13.2. The molecule has 3 aromatic rings. The Balaban J connectivity index is 1.41. The summed E-state index contributed by atoms with van der Waals surface area (Å²) < 4.78 is 10.7. The molecule has 7 heteroatoms. The van der Waals surface area contributed by atoms with Gasteiger partial charge in [-0.2, -0.15) is 0 Å². The van der Waals surface area contributed by atoms with Gasteiger partial charge >= 0.3 is 0 Å². The highest BCUT2D eigenvalue weighted by atomic mass is 32.1. The monoisotopic (exact) mass is 450 g/mol. The van der Waals surface area contributed by atoms with E-state index >= 15 is 0 Å². The van der Waals surface area contributed by atoms with E-state index < -0.39 is 0 Å². The van der Waals surface area contributed by atoms with Crippen LogP contribution in [0.4, 0.5) is 0 Å². The van der Waals surface area contributed by atoms with E-state index in [0.717, 1.165) is 25.2 Å². The average molecular weight is 451 g/mol. The van der Waals surface area contributed by atoms with Crippen molar-refractivity contribution in [2.45, 2.75) is 6.54 Å². The first kappa shape index (κ1) is 22.0.